The van der Waals surface area contributed by atoms with Crippen molar-refractivity contribution in [1.29, 1.82) is 0 Å². The number of aromatic nitrogens is 4. The number of benzene rings is 2. The third-order valence-electron chi connectivity index (χ3n) is 4.98. The van der Waals surface area contributed by atoms with Gasteiger partial charge in [-0.2, -0.15) is 5.21 Å². The van der Waals surface area contributed by atoms with Gasteiger partial charge < -0.3 is 5.32 Å². The first-order valence-electron chi connectivity index (χ1n) is 10.2. The van der Waals surface area contributed by atoms with Crippen LogP contribution in [0.3, 0.4) is 0 Å². The third-order valence-corrected chi connectivity index (χ3v) is 4.98. The molecule has 1 atom stereocenters. The molecule has 6 heteroatoms. The summed E-state index contributed by atoms with van der Waals surface area (Å²) >= 11 is 0. The molecule has 0 aliphatic heterocycles. The zero-order chi connectivity index (χ0) is 20.8. The van der Waals surface area contributed by atoms with E-state index in [1.165, 1.54) is 12.0 Å². The van der Waals surface area contributed by atoms with Gasteiger partial charge in [-0.3, -0.25) is 4.79 Å². The van der Waals surface area contributed by atoms with Gasteiger partial charge in [-0.1, -0.05) is 56.5 Å². The fourth-order valence-electron chi connectivity index (χ4n) is 3.30. The van der Waals surface area contributed by atoms with E-state index in [0.717, 1.165) is 29.5 Å². The summed E-state index contributed by atoms with van der Waals surface area (Å²) in [7, 11) is 0. The molecule has 2 aromatic carbocycles. The van der Waals surface area contributed by atoms with Crippen LogP contribution in [0.25, 0.3) is 22.5 Å². The Balaban J connectivity index is 1.85. The molecule has 0 spiro atoms. The number of rotatable bonds is 8. The summed E-state index contributed by atoms with van der Waals surface area (Å²) in [6, 6.07) is 14.1. The van der Waals surface area contributed by atoms with Gasteiger partial charge in [0.2, 0.25) is 5.82 Å². The van der Waals surface area contributed by atoms with Gasteiger partial charge in [-0.05, 0) is 60.7 Å². The van der Waals surface area contributed by atoms with E-state index in [-0.39, 0.29) is 11.9 Å². The molecule has 1 amide bonds. The van der Waals surface area contributed by atoms with Gasteiger partial charge in [-0.15, -0.1) is 10.2 Å². The highest BCUT2D eigenvalue weighted by Crippen LogP contribution is 2.27. The molecule has 29 heavy (non-hydrogen) atoms. The first-order chi connectivity index (χ1) is 13.9. The average molecular weight is 392 g/mol. The maximum Gasteiger partial charge on any atom is 0.251 e. The molecular weight excluding hydrogens is 362 g/mol. The van der Waals surface area contributed by atoms with E-state index in [2.05, 4.69) is 77.9 Å². The number of amides is 1. The van der Waals surface area contributed by atoms with E-state index >= 15 is 0 Å². The smallest absolute Gasteiger partial charge is 0.251 e. The van der Waals surface area contributed by atoms with E-state index < -0.39 is 0 Å². The van der Waals surface area contributed by atoms with Crippen LogP contribution in [0.1, 0.15) is 56.0 Å². The molecule has 0 radical (unpaired) electrons. The summed E-state index contributed by atoms with van der Waals surface area (Å²) in [6.45, 7) is 8.56. The highest BCUT2D eigenvalue weighted by molar-refractivity contribution is 5.97. The second-order valence-electron chi connectivity index (χ2n) is 8.10. The molecular formula is C23H29N5O. The van der Waals surface area contributed by atoms with Crippen molar-refractivity contribution in [3.63, 3.8) is 0 Å². The monoisotopic (exact) mass is 391 g/mol. The van der Waals surface area contributed by atoms with Gasteiger partial charge in [0.05, 0.1) is 0 Å². The first kappa shape index (κ1) is 20.7. The van der Waals surface area contributed by atoms with Crippen molar-refractivity contribution < 1.29 is 4.79 Å². The molecule has 0 saturated carbocycles. The van der Waals surface area contributed by atoms with Gasteiger partial charge in [0.15, 0.2) is 0 Å². The third kappa shape index (κ3) is 5.73. The largest absolute Gasteiger partial charge is 0.350 e. The molecule has 6 nitrogen and oxygen atoms in total. The van der Waals surface area contributed by atoms with E-state index in [0.29, 0.717) is 17.3 Å². The maximum absolute atomic E-state index is 12.9. The maximum atomic E-state index is 12.9. The molecule has 3 aromatic rings. The number of hydrogen-bond acceptors (Lipinski definition) is 4. The summed E-state index contributed by atoms with van der Waals surface area (Å²) < 4.78 is 0. The van der Waals surface area contributed by atoms with Gasteiger partial charge in [-0.25, -0.2) is 0 Å². The Morgan fingerprint density at radius 1 is 1.00 bits per heavy atom. The highest BCUT2D eigenvalue weighted by Gasteiger charge is 2.15. The van der Waals surface area contributed by atoms with Crippen molar-refractivity contribution >= 4 is 5.91 Å². The van der Waals surface area contributed by atoms with Crippen molar-refractivity contribution in [3.8, 4) is 22.5 Å². The molecule has 1 aromatic heterocycles. The summed E-state index contributed by atoms with van der Waals surface area (Å²) in [5.41, 5.74) is 4.54. The van der Waals surface area contributed by atoms with Crippen LogP contribution in [-0.4, -0.2) is 32.6 Å². The number of aryl methyl sites for hydroxylation is 1. The molecule has 0 saturated heterocycles. The second-order valence-corrected chi connectivity index (χ2v) is 8.10. The van der Waals surface area contributed by atoms with E-state index in [1.807, 2.05) is 18.2 Å². The molecule has 1 unspecified atom stereocenters. The van der Waals surface area contributed by atoms with E-state index in [1.54, 1.807) is 0 Å². The minimum atomic E-state index is -0.0826. The zero-order valence-corrected chi connectivity index (χ0v) is 17.6. The molecule has 1 heterocycles. The van der Waals surface area contributed by atoms with Gasteiger partial charge >= 0.3 is 0 Å². The predicted molar refractivity (Wildman–Crippen MR) is 115 cm³/mol. The van der Waals surface area contributed by atoms with E-state index in [9.17, 15) is 4.79 Å². The minimum Gasteiger partial charge on any atom is -0.350 e. The highest BCUT2D eigenvalue weighted by atomic mass is 16.1. The summed E-state index contributed by atoms with van der Waals surface area (Å²) in [6.07, 6.45) is 3.25. The summed E-state index contributed by atoms with van der Waals surface area (Å²) in [5, 5.41) is 17.4. The molecule has 0 aliphatic rings. The molecule has 0 aliphatic carbocycles. The lowest BCUT2D eigenvalue weighted by molar-refractivity contribution is 0.0938. The number of nitrogens with one attached hydrogen (secondary N) is 2. The van der Waals surface area contributed by atoms with Crippen LogP contribution in [0.5, 0.6) is 0 Å². The molecule has 2 N–H and O–H groups in total. The quantitative estimate of drug-likeness (QED) is 0.578. The Kier molecular flexibility index (Phi) is 6.75. The standard InChI is InChI=1S/C23H29N5O/c1-15(2)6-5-7-17(4)24-23(29)21-13-19(18-10-8-16(3)9-11-18)12-20(14-21)22-25-27-28-26-22/h8-15,17H,5-7H2,1-4H3,(H,24,29)(H,25,26,27,28). The normalized spacial score (nSPS) is 12.2. The fraction of sp³-hybridized carbons (Fsp3) is 0.391. The SMILES string of the molecule is Cc1ccc(-c2cc(C(=O)NC(C)CCCC(C)C)cc(-c3nn[nH]n3)c2)cc1. The van der Waals surface area contributed by atoms with Crippen LogP contribution in [0.15, 0.2) is 42.5 Å². The minimum absolute atomic E-state index is 0.0826. The Morgan fingerprint density at radius 2 is 1.72 bits per heavy atom. The number of carbonyl (C=O) groups is 1. The molecule has 0 bridgehead atoms. The average Bonchev–Trinajstić information content (AvgIpc) is 3.23. The van der Waals surface area contributed by atoms with E-state index in [4.69, 9.17) is 0 Å². The van der Waals surface area contributed by atoms with Crippen LogP contribution in [-0.2, 0) is 0 Å². The van der Waals surface area contributed by atoms with Gasteiger partial charge in [0, 0.05) is 17.2 Å². The number of nitrogens with zero attached hydrogens (tertiary/aromatic N) is 3. The van der Waals surface area contributed by atoms with Crippen molar-refractivity contribution in [2.24, 2.45) is 5.92 Å². The number of H-pyrrole nitrogens is 1. The van der Waals surface area contributed by atoms with Crippen molar-refractivity contribution in [1.82, 2.24) is 25.9 Å². The molecule has 152 valence electrons. The second kappa shape index (κ2) is 9.45. The Hall–Kier alpha value is -3.02. The van der Waals surface area contributed by atoms with Crippen LogP contribution in [0.4, 0.5) is 0 Å². The Bertz CT molecular complexity index is 932. The summed E-state index contributed by atoms with van der Waals surface area (Å²) in [4.78, 5) is 12.9. The van der Waals surface area contributed by atoms with Crippen LogP contribution in [0.2, 0.25) is 0 Å². The van der Waals surface area contributed by atoms with Crippen LogP contribution in [0, 0.1) is 12.8 Å². The summed E-state index contributed by atoms with van der Waals surface area (Å²) in [5.74, 6) is 1.07. The topological polar surface area (TPSA) is 83.6 Å². The lowest BCUT2D eigenvalue weighted by Crippen LogP contribution is -2.32. The van der Waals surface area contributed by atoms with Crippen molar-refractivity contribution in [2.75, 3.05) is 0 Å². The first-order valence-corrected chi connectivity index (χ1v) is 10.2. The number of tetrazole rings is 1. The van der Waals surface area contributed by atoms with Crippen molar-refractivity contribution in [3.05, 3.63) is 53.6 Å². The number of hydrogen-bond donors (Lipinski definition) is 2. The van der Waals surface area contributed by atoms with Gasteiger partial charge in [0.25, 0.3) is 5.91 Å². The predicted octanol–water partition coefficient (Wildman–Crippen LogP) is 4.79. The zero-order valence-electron chi connectivity index (χ0n) is 17.6. The lowest BCUT2D eigenvalue weighted by Gasteiger charge is -2.15. The lowest BCUT2D eigenvalue weighted by atomic mass is 9.98. The van der Waals surface area contributed by atoms with Crippen LogP contribution >= 0.6 is 0 Å². The van der Waals surface area contributed by atoms with Crippen molar-refractivity contribution in [2.45, 2.75) is 53.0 Å². The molecule has 0 fully saturated rings. The van der Waals surface area contributed by atoms with Crippen LogP contribution < -0.4 is 5.32 Å². The number of aromatic amines is 1. The molecule has 3 rings (SSSR count). The Morgan fingerprint density at radius 3 is 2.38 bits per heavy atom. The fourth-order valence-corrected chi connectivity index (χ4v) is 3.30. The number of carbonyl (C=O) groups excluding carboxylic acids is 1. The Labute approximate surface area is 172 Å². The van der Waals surface area contributed by atoms with Gasteiger partial charge in [0.1, 0.15) is 0 Å².